The number of nitrogens with zero attached hydrogens (tertiary/aromatic N) is 2. The Balaban J connectivity index is 1.48. The Morgan fingerprint density at radius 3 is 2.37 bits per heavy atom. The van der Waals surface area contributed by atoms with Gasteiger partial charge in [0, 0.05) is 36.6 Å². The Kier molecular flexibility index (Phi) is 5.90. The first-order valence-corrected chi connectivity index (χ1v) is 9.03. The van der Waals surface area contributed by atoms with Crippen molar-refractivity contribution in [2.24, 2.45) is 5.92 Å². The first-order chi connectivity index (χ1) is 13.0. The van der Waals surface area contributed by atoms with Crippen molar-refractivity contribution >= 4 is 23.0 Å². The van der Waals surface area contributed by atoms with Gasteiger partial charge in [0.25, 0.3) is 11.6 Å². The topological polar surface area (TPSA) is 84.7 Å². The van der Waals surface area contributed by atoms with Gasteiger partial charge in [-0.15, -0.1) is 0 Å². The van der Waals surface area contributed by atoms with Gasteiger partial charge in [-0.2, -0.15) is 0 Å². The number of hydrogen-bond acceptors (Lipinski definition) is 5. The maximum atomic E-state index is 12.0. The average Bonchev–Trinajstić information content (AvgIpc) is 2.68. The van der Waals surface area contributed by atoms with Crippen molar-refractivity contribution in [3.8, 4) is 5.75 Å². The molecule has 27 heavy (non-hydrogen) atoms. The summed E-state index contributed by atoms with van der Waals surface area (Å²) < 4.78 is 5.36. The molecule has 0 unspecified atom stereocenters. The molecule has 1 fully saturated rings. The highest BCUT2D eigenvalue weighted by molar-refractivity contribution is 5.92. The van der Waals surface area contributed by atoms with Gasteiger partial charge in [-0.05, 0) is 55.2 Å². The largest absolute Gasteiger partial charge is 0.484 e. The van der Waals surface area contributed by atoms with E-state index in [4.69, 9.17) is 4.74 Å². The Morgan fingerprint density at radius 2 is 1.78 bits per heavy atom. The number of hydrogen-bond donors (Lipinski definition) is 1. The summed E-state index contributed by atoms with van der Waals surface area (Å²) in [6.45, 7) is 4.25. The van der Waals surface area contributed by atoms with Gasteiger partial charge in [-0.3, -0.25) is 14.9 Å². The molecule has 7 nitrogen and oxygen atoms in total. The number of carbonyl (C=O) groups excluding carboxylic acids is 1. The smallest absolute Gasteiger partial charge is 0.269 e. The second-order valence-electron chi connectivity index (χ2n) is 6.80. The summed E-state index contributed by atoms with van der Waals surface area (Å²) in [7, 11) is 0. The normalized spacial score (nSPS) is 14.6. The fourth-order valence-electron chi connectivity index (χ4n) is 3.03. The molecular weight excluding hydrogens is 346 g/mol. The van der Waals surface area contributed by atoms with E-state index in [1.165, 1.54) is 42.8 Å². The number of amides is 1. The van der Waals surface area contributed by atoms with Gasteiger partial charge in [0.15, 0.2) is 6.61 Å². The highest BCUT2D eigenvalue weighted by atomic mass is 16.6. The monoisotopic (exact) mass is 369 g/mol. The number of benzene rings is 2. The minimum absolute atomic E-state index is 0.0185. The summed E-state index contributed by atoms with van der Waals surface area (Å²) in [6.07, 6.45) is 2.41. The highest BCUT2D eigenvalue weighted by Crippen LogP contribution is 2.24. The highest BCUT2D eigenvalue weighted by Gasteiger charge is 2.16. The minimum Gasteiger partial charge on any atom is -0.484 e. The van der Waals surface area contributed by atoms with Gasteiger partial charge in [0.1, 0.15) is 5.75 Å². The molecule has 2 aromatic carbocycles. The Morgan fingerprint density at radius 1 is 1.15 bits per heavy atom. The van der Waals surface area contributed by atoms with Crippen LogP contribution >= 0.6 is 0 Å². The molecule has 3 rings (SSSR count). The number of ether oxygens (including phenoxy) is 1. The van der Waals surface area contributed by atoms with Gasteiger partial charge >= 0.3 is 0 Å². The summed E-state index contributed by atoms with van der Waals surface area (Å²) in [5.41, 5.74) is 1.86. The zero-order valence-electron chi connectivity index (χ0n) is 15.3. The van der Waals surface area contributed by atoms with Crippen molar-refractivity contribution in [3.05, 3.63) is 58.6 Å². The molecule has 1 N–H and O–H groups in total. The van der Waals surface area contributed by atoms with Gasteiger partial charge in [-0.1, -0.05) is 6.92 Å². The Hall–Kier alpha value is -3.09. The predicted molar refractivity (Wildman–Crippen MR) is 104 cm³/mol. The Labute approximate surface area is 158 Å². The lowest BCUT2D eigenvalue weighted by atomic mass is 9.99. The van der Waals surface area contributed by atoms with Crippen LogP contribution in [-0.4, -0.2) is 30.5 Å². The first-order valence-electron chi connectivity index (χ1n) is 9.03. The minimum atomic E-state index is -0.482. The number of anilines is 2. The van der Waals surface area contributed by atoms with Crippen molar-refractivity contribution in [2.75, 3.05) is 29.9 Å². The molecule has 1 aliphatic heterocycles. The maximum Gasteiger partial charge on any atom is 0.269 e. The summed E-state index contributed by atoms with van der Waals surface area (Å²) in [5, 5.41) is 13.4. The lowest BCUT2D eigenvalue weighted by Crippen LogP contribution is -2.32. The molecule has 0 bridgehead atoms. The quantitative estimate of drug-likeness (QED) is 0.617. The second kappa shape index (κ2) is 8.53. The van der Waals surface area contributed by atoms with Crippen molar-refractivity contribution in [1.82, 2.24) is 0 Å². The lowest BCUT2D eigenvalue weighted by Gasteiger charge is -2.32. The maximum absolute atomic E-state index is 12.0. The molecular formula is C20H23N3O4. The number of nitro groups is 1. The molecule has 0 radical (unpaired) electrons. The van der Waals surface area contributed by atoms with Crippen LogP contribution in [0.5, 0.6) is 5.75 Å². The third-order valence-electron chi connectivity index (χ3n) is 4.72. The summed E-state index contributed by atoms with van der Waals surface area (Å²) in [5.74, 6) is 0.911. The van der Waals surface area contributed by atoms with E-state index in [2.05, 4.69) is 17.1 Å². The summed E-state index contributed by atoms with van der Waals surface area (Å²) in [4.78, 5) is 24.5. The number of nitro benzene ring substituents is 1. The van der Waals surface area contributed by atoms with Gasteiger partial charge < -0.3 is 15.0 Å². The second-order valence-corrected chi connectivity index (χ2v) is 6.80. The van der Waals surface area contributed by atoms with Crippen LogP contribution in [0.15, 0.2) is 48.5 Å². The van der Waals surface area contributed by atoms with E-state index in [-0.39, 0.29) is 18.2 Å². The standard InChI is InChI=1S/C20H23N3O4/c1-15-10-12-22(13-11-15)17-4-2-16(3-5-17)21-20(24)14-27-19-8-6-18(7-9-19)23(25)26/h2-9,15H,10-14H2,1H3,(H,21,24). The number of nitrogens with one attached hydrogen (secondary N) is 1. The summed E-state index contributed by atoms with van der Waals surface area (Å²) in [6, 6.07) is 13.4. The van der Waals surface area contributed by atoms with E-state index in [9.17, 15) is 14.9 Å². The Bertz CT molecular complexity index is 782. The number of rotatable bonds is 6. The van der Waals surface area contributed by atoms with Crippen molar-refractivity contribution in [1.29, 1.82) is 0 Å². The fourth-order valence-corrected chi connectivity index (χ4v) is 3.03. The molecule has 1 aliphatic rings. The average molecular weight is 369 g/mol. The van der Waals surface area contributed by atoms with Crippen LogP contribution in [0.3, 0.4) is 0 Å². The summed E-state index contributed by atoms with van der Waals surface area (Å²) >= 11 is 0. The molecule has 0 saturated carbocycles. The molecule has 1 saturated heterocycles. The van der Waals surface area contributed by atoms with Crippen molar-refractivity contribution < 1.29 is 14.5 Å². The molecule has 142 valence electrons. The molecule has 1 amide bonds. The van der Waals surface area contributed by atoms with Crippen LogP contribution in [0.1, 0.15) is 19.8 Å². The van der Waals surface area contributed by atoms with E-state index in [1.54, 1.807) is 0 Å². The first kappa shape index (κ1) is 18.7. The molecule has 7 heteroatoms. The van der Waals surface area contributed by atoms with E-state index in [0.717, 1.165) is 19.0 Å². The number of carbonyl (C=O) groups is 1. The molecule has 0 aliphatic carbocycles. The predicted octanol–water partition coefficient (Wildman–Crippen LogP) is 3.85. The molecule has 0 spiro atoms. The zero-order valence-corrected chi connectivity index (χ0v) is 15.3. The van der Waals surface area contributed by atoms with Gasteiger partial charge in [0.05, 0.1) is 4.92 Å². The van der Waals surface area contributed by atoms with Crippen molar-refractivity contribution in [2.45, 2.75) is 19.8 Å². The third-order valence-corrected chi connectivity index (χ3v) is 4.72. The third kappa shape index (κ3) is 5.20. The van der Waals surface area contributed by atoms with Crippen LogP contribution in [0, 0.1) is 16.0 Å². The van der Waals surface area contributed by atoms with E-state index >= 15 is 0 Å². The van der Waals surface area contributed by atoms with Crippen LogP contribution in [0.2, 0.25) is 0 Å². The van der Waals surface area contributed by atoms with Crippen molar-refractivity contribution in [3.63, 3.8) is 0 Å². The molecule has 0 aromatic heterocycles. The number of piperidine rings is 1. The van der Waals surface area contributed by atoms with Crippen LogP contribution in [0.25, 0.3) is 0 Å². The lowest BCUT2D eigenvalue weighted by molar-refractivity contribution is -0.384. The number of non-ortho nitro benzene ring substituents is 1. The van der Waals surface area contributed by atoms with Crippen LogP contribution in [0.4, 0.5) is 17.1 Å². The van der Waals surface area contributed by atoms with Gasteiger partial charge in [-0.25, -0.2) is 0 Å². The van der Waals surface area contributed by atoms with Crippen LogP contribution in [-0.2, 0) is 4.79 Å². The fraction of sp³-hybridized carbons (Fsp3) is 0.350. The molecule has 0 atom stereocenters. The molecule has 2 aromatic rings. The van der Waals surface area contributed by atoms with E-state index < -0.39 is 4.92 Å². The molecule has 1 heterocycles. The van der Waals surface area contributed by atoms with Gasteiger partial charge in [0.2, 0.25) is 0 Å². The zero-order chi connectivity index (χ0) is 19.2. The van der Waals surface area contributed by atoms with E-state index in [0.29, 0.717) is 11.4 Å². The SMILES string of the molecule is CC1CCN(c2ccc(NC(=O)COc3ccc([N+](=O)[O-])cc3)cc2)CC1. The van der Waals surface area contributed by atoms with E-state index in [1.807, 2.05) is 24.3 Å². The van der Waals surface area contributed by atoms with Crippen LogP contribution < -0.4 is 15.0 Å².